The van der Waals surface area contributed by atoms with Crippen LogP contribution in [0.15, 0.2) is 0 Å². The molecule has 2 N–H and O–H groups in total. The Bertz CT molecular complexity index is 494. The number of hydrogen-bond donors (Lipinski definition) is 1. The van der Waals surface area contributed by atoms with E-state index >= 15 is 0 Å². The van der Waals surface area contributed by atoms with Crippen LogP contribution in [0.3, 0.4) is 0 Å². The number of nitrogens with zero attached hydrogens (tertiary/aromatic N) is 3. The zero-order chi connectivity index (χ0) is 14.2. The molecule has 0 spiro atoms. The van der Waals surface area contributed by atoms with Crippen molar-refractivity contribution < 1.29 is 4.79 Å². The van der Waals surface area contributed by atoms with Crippen molar-refractivity contribution in [2.75, 3.05) is 19.6 Å². The van der Waals surface area contributed by atoms with E-state index in [4.69, 9.17) is 5.73 Å². The van der Waals surface area contributed by atoms with Crippen molar-refractivity contribution in [2.45, 2.75) is 33.6 Å². The maximum Gasteiger partial charge on any atom is 0.227 e. The molecule has 0 aromatic carbocycles. The molecule has 1 aromatic rings. The lowest BCUT2D eigenvalue weighted by Crippen LogP contribution is -2.35. The molecular weight excluding hydrogens is 240 g/mol. The molecule has 0 aliphatic carbocycles. The highest BCUT2D eigenvalue weighted by atomic mass is 16.2. The van der Waals surface area contributed by atoms with Gasteiger partial charge in [-0.05, 0) is 32.2 Å². The first kappa shape index (κ1) is 14.1. The number of amides is 1. The number of rotatable bonds is 3. The molecule has 5 heteroatoms. The van der Waals surface area contributed by atoms with Crippen LogP contribution in [-0.2, 0) is 18.3 Å². The summed E-state index contributed by atoms with van der Waals surface area (Å²) in [6.07, 6.45) is 1.45. The lowest BCUT2D eigenvalue weighted by molar-refractivity contribution is -0.129. The summed E-state index contributed by atoms with van der Waals surface area (Å²) >= 11 is 0. The molecule has 1 unspecified atom stereocenters. The quantitative estimate of drug-likeness (QED) is 0.877. The minimum atomic E-state index is 0.0920. The summed E-state index contributed by atoms with van der Waals surface area (Å²) in [5.74, 6) is 0.191. The average Bonchev–Trinajstić information content (AvgIpc) is 2.87. The van der Waals surface area contributed by atoms with Gasteiger partial charge in [-0.1, -0.05) is 6.92 Å². The summed E-state index contributed by atoms with van der Waals surface area (Å²) < 4.78 is 1.84. The zero-order valence-corrected chi connectivity index (χ0v) is 12.4. The molecule has 0 bridgehead atoms. The van der Waals surface area contributed by atoms with Gasteiger partial charge >= 0.3 is 0 Å². The molecule has 1 amide bonds. The monoisotopic (exact) mass is 264 g/mol. The van der Waals surface area contributed by atoms with E-state index in [0.717, 1.165) is 36.5 Å². The number of aromatic nitrogens is 2. The van der Waals surface area contributed by atoms with Gasteiger partial charge in [0.15, 0.2) is 0 Å². The summed E-state index contributed by atoms with van der Waals surface area (Å²) in [7, 11) is 1.91. The first-order valence-corrected chi connectivity index (χ1v) is 6.83. The molecule has 0 saturated carbocycles. The van der Waals surface area contributed by atoms with E-state index in [0.29, 0.717) is 13.0 Å². The van der Waals surface area contributed by atoms with E-state index in [9.17, 15) is 4.79 Å². The van der Waals surface area contributed by atoms with Gasteiger partial charge in [0.2, 0.25) is 5.91 Å². The second kappa shape index (κ2) is 4.96. The van der Waals surface area contributed by atoms with Gasteiger partial charge in [0.05, 0.1) is 12.1 Å². The van der Waals surface area contributed by atoms with Crippen molar-refractivity contribution in [1.29, 1.82) is 0 Å². The van der Waals surface area contributed by atoms with Gasteiger partial charge in [0.1, 0.15) is 0 Å². The third kappa shape index (κ3) is 2.66. The molecule has 19 heavy (non-hydrogen) atoms. The van der Waals surface area contributed by atoms with Crippen LogP contribution in [-0.4, -0.2) is 40.2 Å². The van der Waals surface area contributed by atoms with Crippen molar-refractivity contribution in [3.8, 4) is 0 Å². The number of hydrogen-bond acceptors (Lipinski definition) is 3. The Morgan fingerprint density at radius 1 is 1.47 bits per heavy atom. The second-order valence-corrected chi connectivity index (χ2v) is 6.03. The first-order valence-electron chi connectivity index (χ1n) is 6.83. The number of likely N-dealkylation sites (tertiary alicyclic amines) is 1. The second-order valence-electron chi connectivity index (χ2n) is 6.03. The average molecular weight is 264 g/mol. The van der Waals surface area contributed by atoms with E-state index in [1.807, 2.05) is 30.5 Å². The van der Waals surface area contributed by atoms with E-state index in [2.05, 4.69) is 12.0 Å². The van der Waals surface area contributed by atoms with E-state index in [1.165, 1.54) is 0 Å². The molecule has 1 aromatic heterocycles. The molecule has 1 atom stereocenters. The van der Waals surface area contributed by atoms with Crippen LogP contribution in [0.5, 0.6) is 0 Å². The lowest BCUT2D eigenvalue weighted by Gasteiger charge is -2.22. The van der Waals surface area contributed by atoms with Crippen LogP contribution in [0.25, 0.3) is 0 Å². The van der Waals surface area contributed by atoms with Gasteiger partial charge in [-0.2, -0.15) is 5.10 Å². The van der Waals surface area contributed by atoms with Crippen LogP contribution in [0, 0.1) is 19.3 Å². The van der Waals surface area contributed by atoms with Crippen molar-refractivity contribution in [1.82, 2.24) is 14.7 Å². The molecule has 1 aliphatic rings. The maximum absolute atomic E-state index is 12.4. The molecule has 1 aliphatic heterocycles. The summed E-state index contributed by atoms with van der Waals surface area (Å²) in [4.78, 5) is 14.3. The molecule has 1 saturated heterocycles. The smallest absolute Gasteiger partial charge is 0.227 e. The van der Waals surface area contributed by atoms with Crippen molar-refractivity contribution in [3.63, 3.8) is 0 Å². The van der Waals surface area contributed by atoms with E-state index in [-0.39, 0.29) is 11.3 Å². The Kier molecular flexibility index (Phi) is 3.67. The zero-order valence-electron chi connectivity index (χ0n) is 12.4. The molecular formula is C14H24N4O. The van der Waals surface area contributed by atoms with Gasteiger partial charge in [-0.3, -0.25) is 9.48 Å². The van der Waals surface area contributed by atoms with E-state index < -0.39 is 0 Å². The van der Waals surface area contributed by atoms with Gasteiger partial charge < -0.3 is 10.6 Å². The minimum absolute atomic E-state index is 0.0920. The molecule has 2 heterocycles. The minimum Gasteiger partial charge on any atom is -0.342 e. The first-order chi connectivity index (χ1) is 8.86. The fourth-order valence-corrected chi connectivity index (χ4v) is 2.74. The third-order valence-corrected chi connectivity index (χ3v) is 4.39. The molecule has 106 valence electrons. The highest BCUT2D eigenvalue weighted by molar-refractivity contribution is 5.79. The number of carbonyl (C=O) groups excluding carboxylic acids is 1. The SMILES string of the molecule is Cc1nn(C)c(C)c1CC(=O)N1CCC(C)(CN)C1. The van der Waals surface area contributed by atoms with Gasteiger partial charge in [-0.25, -0.2) is 0 Å². The van der Waals surface area contributed by atoms with Crippen LogP contribution < -0.4 is 5.73 Å². The van der Waals surface area contributed by atoms with Crippen LogP contribution in [0.1, 0.15) is 30.3 Å². The molecule has 5 nitrogen and oxygen atoms in total. The number of nitrogens with two attached hydrogens (primary N) is 1. The summed E-state index contributed by atoms with van der Waals surface area (Å²) in [5, 5.41) is 4.36. The predicted octanol–water partition coefficient (Wildman–Crippen LogP) is 0.777. The largest absolute Gasteiger partial charge is 0.342 e. The third-order valence-electron chi connectivity index (χ3n) is 4.39. The predicted molar refractivity (Wildman–Crippen MR) is 74.7 cm³/mol. The Hall–Kier alpha value is -1.36. The Labute approximate surface area is 114 Å². The van der Waals surface area contributed by atoms with Gasteiger partial charge in [0, 0.05) is 31.4 Å². The topological polar surface area (TPSA) is 64.2 Å². The lowest BCUT2D eigenvalue weighted by atomic mass is 9.90. The van der Waals surface area contributed by atoms with Crippen molar-refractivity contribution >= 4 is 5.91 Å². The Balaban J connectivity index is 2.06. The highest BCUT2D eigenvalue weighted by Gasteiger charge is 2.35. The summed E-state index contributed by atoms with van der Waals surface area (Å²) in [5.41, 5.74) is 8.97. The van der Waals surface area contributed by atoms with E-state index in [1.54, 1.807) is 0 Å². The van der Waals surface area contributed by atoms with Crippen molar-refractivity contribution in [2.24, 2.45) is 18.2 Å². The van der Waals surface area contributed by atoms with Gasteiger partial charge in [-0.15, -0.1) is 0 Å². The van der Waals surface area contributed by atoms with Crippen LogP contribution >= 0.6 is 0 Å². The highest BCUT2D eigenvalue weighted by Crippen LogP contribution is 2.29. The van der Waals surface area contributed by atoms with Gasteiger partial charge in [0.25, 0.3) is 0 Å². The fraction of sp³-hybridized carbons (Fsp3) is 0.714. The number of carbonyl (C=O) groups is 1. The van der Waals surface area contributed by atoms with Crippen LogP contribution in [0.4, 0.5) is 0 Å². The summed E-state index contributed by atoms with van der Waals surface area (Å²) in [6, 6.07) is 0. The summed E-state index contributed by atoms with van der Waals surface area (Å²) in [6.45, 7) is 8.37. The van der Waals surface area contributed by atoms with Crippen molar-refractivity contribution in [3.05, 3.63) is 17.0 Å². The fourth-order valence-electron chi connectivity index (χ4n) is 2.74. The Morgan fingerprint density at radius 2 is 2.16 bits per heavy atom. The molecule has 1 fully saturated rings. The van der Waals surface area contributed by atoms with Crippen LogP contribution in [0.2, 0.25) is 0 Å². The Morgan fingerprint density at radius 3 is 2.63 bits per heavy atom. The molecule has 0 radical (unpaired) electrons. The maximum atomic E-state index is 12.4. The standard InChI is InChI=1S/C14H24N4O/c1-10-12(11(2)17(4)16-10)7-13(19)18-6-5-14(3,8-15)9-18/h5-9,15H2,1-4H3. The number of aryl methyl sites for hydroxylation is 2. The normalized spacial score (nSPS) is 23.1. The molecule has 2 rings (SSSR count).